The van der Waals surface area contributed by atoms with E-state index in [9.17, 15) is 19.7 Å². The number of hydrogen-bond acceptors (Lipinski definition) is 5. The van der Waals surface area contributed by atoms with Crippen LogP contribution in [0.5, 0.6) is 0 Å². The van der Waals surface area contributed by atoms with Crippen molar-refractivity contribution >= 4 is 46.5 Å². The van der Waals surface area contributed by atoms with E-state index in [2.05, 4.69) is 5.32 Å². The Balaban J connectivity index is 2.04. The number of nitro groups is 1. The molecule has 0 fully saturated rings. The monoisotopic (exact) mass is 396 g/mol. The summed E-state index contributed by atoms with van der Waals surface area (Å²) in [5, 5.41) is 13.9. The molecule has 0 radical (unpaired) electrons. The third kappa shape index (κ3) is 4.50. The quantitative estimate of drug-likeness (QED) is 0.461. The molecule has 0 bridgehead atoms. The van der Waals surface area contributed by atoms with Crippen LogP contribution in [0.25, 0.3) is 0 Å². The van der Waals surface area contributed by atoms with E-state index in [-0.39, 0.29) is 27.0 Å². The van der Waals surface area contributed by atoms with E-state index < -0.39 is 23.4 Å². The van der Waals surface area contributed by atoms with Crippen molar-refractivity contribution in [2.24, 2.45) is 0 Å². The van der Waals surface area contributed by atoms with Crippen molar-refractivity contribution in [3.05, 3.63) is 67.2 Å². The highest BCUT2D eigenvalue weighted by Crippen LogP contribution is 2.32. The van der Waals surface area contributed by atoms with Gasteiger partial charge < -0.3 is 10.1 Å². The summed E-state index contributed by atoms with van der Waals surface area (Å²) >= 11 is 12.1. The second kappa shape index (κ2) is 8.16. The van der Waals surface area contributed by atoms with E-state index in [1.165, 1.54) is 12.1 Å². The third-order valence-corrected chi connectivity index (χ3v) is 4.33. The Morgan fingerprint density at radius 1 is 1.15 bits per heavy atom. The van der Waals surface area contributed by atoms with E-state index in [1.54, 1.807) is 26.0 Å². The lowest BCUT2D eigenvalue weighted by Crippen LogP contribution is -2.21. The van der Waals surface area contributed by atoms with Gasteiger partial charge in [-0.15, -0.1) is 0 Å². The van der Waals surface area contributed by atoms with Crippen molar-refractivity contribution in [3.8, 4) is 0 Å². The number of nitrogens with zero attached hydrogens (tertiary/aromatic N) is 1. The van der Waals surface area contributed by atoms with Crippen molar-refractivity contribution in [3.63, 3.8) is 0 Å². The van der Waals surface area contributed by atoms with Crippen LogP contribution in [0.4, 0.5) is 11.4 Å². The molecule has 0 aliphatic rings. The molecule has 0 saturated heterocycles. The van der Waals surface area contributed by atoms with Gasteiger partial charge in [0.25, 0.3) is 11.6 Å². The number of hydrogen-bond donors (Lipinski definition) is 1. The minimum absolute atomic E-state index is 0.0262. The number of esters is 1. The summed E-state index contributed by atoms with van der Waals surface area (Å²) < 4.78 is 4.89. The van der Waals surface area contributed by atoms with Gasteiger partial charge in [-0.05, 0) is 31.5 Å². The zero-order valence-electron chi connectivity index (χ0n) is 13.8. The second-order valence-electron chi connectivity index (χ2n) is 5.44. The molecule has 0 aliphatic carbocycles. The first-order chi connectivity index (χ1) is 12.2. The second-order valence-corrected chi connectivity index (χ2v) is 6.22. The minimum Gasteiger partial charge on any atom is -0.452 e. The smallest absolute Gasteiger partial charge is 0.338 e. The Morgan fingerprint density at radius 3 is 2.46 bits per heavy atom. The number of halogens is 2. The van der Waals surface area contributed by atoms with Crippen molar-refractivity contribution < 1.29 is 19.2 Å². The lowest BCUT2D eigenvalue weighted by Gasteiger charge is -2.11. The summed E-state index contributed by atoms with van der Waals surface area (Å²) in [6.45, 7) is 2.70. The summed E-state index contributed by atoms with van der Waals surface area (Å²) in [5.74, 6) is -1.50. The molecule has 136 valence electrons. The van der Waals surface area contributed by atoms with Crippen LogP contribution in [-0.2, 0) is 9.53 Å². The maximum atomic E-state index is 12.0. The Kier molecular flexibility index (Phi) is 6.18. The van der Waals surface area contributed by atoms with Crippen LogP contribution in [0.1, 0.15) is 21.5 Å². The number of ether oxygens (including phenoxy) is 1. The van der Waals surface area contributed by atoms with Gasteiger partial charge in [0, 0.05) is 11.6 Å². The fourth-order valence-electron chi connectivity index (χ4n) is 2.09. The van der Waals surface area contributed by atoms with Gasteiger partial charge in [0.15, 0.2) is 6.61 Å². The summed E-state index contributed by atoms with van der Waals surface area (Å²) in [6.07, 6.45) is 0. The maximum absolute atomic E-state index is 12.0. The molecule has 0 aliphatic heterocycles. The summed E-state index contributed by atoms with van der Waals surface area (Å²) in [5.41, 5.74) is 1.12. The van der Waals surface area contributed by atoms with Crippen molar-refractivity contribution in [1.29, 1.82) is 0 Å². The molecule has 0 unspecified atom stereocenters. The average Bonchev–Trinajstić information content (AvgIpc) is 2.60. The Bertz CT molecular complexity index is 899. The molecular formula is C17H14Cl2N2O5. The van der Waals surface area contributed by atoms with Crippen LogP contribution in [0.3, 0.4) is 0 Å². The Hall–Kier alpha value is -2.64. The summed E-state index contributed by atoms with van der Waals surface area (Å²) in [7, 11) is 0. The van der Waals surface area contributed by atoms with Crippen LogP contribution in [-0.4, -0.2) is 23.4 Å². The zero-order chi connectivity index (χ0) is 19.4. The van der Waals surface area contributed by atoms with E-state index in [1.807, 2.05) is 0 Å². The minimum atomic E-state index is -0.857. The molecule has 1 amide bonds. The van der Waals surface area contributed by atoms with Gasteiger partial charge in [-0.2, -0.15) is 0 Å². The fraction of sp³-hybridized carbons (Fsp3) is 0.176. The highest BCUT2D eigenvalue weighted by Gasteiger charge is 2.18. The fourth-order valence-corrected chi connectivity index (χ4v) is 2.56. The van der Waals surface area contributed by atoms with E-state index in [0.717, 1.165) is 11.6 Å². The number of anilines is 1. The lowest BCUT2D eigenvalue weighted by molar-refractivity contribution is -0.385. The van der Waals surface area contributed by atoms with E-state index in [0.29, 0.717) is 5.56 Å². The highest BCUT2D eigenvalue weighted by molar-refractivity contribution is 6.40. The number of carbonyl (C=O) groups excluding carboxylic acids is 2. The standard InChI is InChI=1S/C17H14Cl2N2O5/c1-9-3-5-11(7-13(9)21(24)25)17(23)26-8-14(22)20-16-12(18)6-4-10(2)15(16)19/h3-7H,8H2,1-2H3,(H,20,22). The van der Waals surface area contributed by atoms with Gasteiger partial charge in [-0.25, -0.2) is 4.79 Å². The number of rotatable bonds is 5. The molecule has 0 atom stereocenters. The molecule has 1 N–H and O–H groups in total. The van der Waals surface area contributed by atoms with Crippen LogP contribution < -0.4 is 5.32 Å². The maximum Gasteiger partial charge on any atom is 0.338 e. The number of amides is 1. The molecule has 7 nitrogen and oxygen atoms in total. The first-order valence-corrected chi connectivity index (χ1v) is 8.13. The van der Waals surface area contributed by atoms with Gasteiger partial charge in [0.1, 0.15) is 0 Å². The van der Waals surface area contributed by atoms with Crippen molar-refractivity contribution in [2.45, 2.75) is 13.8 Å². The molecule has 9 heteroatoms. The largest absolute Gasteiger partial charge is 0.452 e. The molecule has 2 aromatic carbocycles. The van der Waals surface area contributed by atoms with E-state index in [4.69, 9.17) is 27.9 Å². The number of aryl methyl sites for hydroxylation is 2. The first kappa shape index (κ1) is 19.7. The molecule has 26 heavy (non-hydrogen) atoms. The highest BCUT2D eigenvalue weighted by atomic mass is 35.5. The number of carbonyl (C=O) groups is 2. The molecule has 0 spiro atoms. The van der Waals surface area contributed by atoms with Gasteiger partial charge >= 0.3 is 5.97 Å². The van der Waals surface area contributed by atoms with E-state index >= 15 is 0 Å². The number of nitro benzene ring substituents is 1. The van der Waals surface area contributed by atoms with Crippen LogP contribution in [0.2, 0.25) is 10.0 Å². The summed E-state index contributed by atoms with van der Waals surface area (Å²) in [4.78, 5) is 34.3. The average molecular weight is 397 g/mol. The first-order valence-electron chi connectivity index (χ1n) is 7.37. The molecular weight excluding hydrogens is 383 g/mol. The number of benzene rings is 2. The van der Waals surface area contributed by atoms with Gasteiger partial charge in [-0.1, -0.05) is 35.3 Å². The van der Waals surface area contributed by atoms with Gasteiger partial charge in [-0.3, -0.25) is 14.9 Å². The Labute approximate surface area is 159 Å². The molecule has 0 heterocycles. The molecule has 2 rings (SSSR count). The van der Waals surface area contributed by atoms with Crippen LogP contribution in [0, 0.1) is 24.0 Å². The predicted molar refractivity (Wildman–Crippen MR) is 97.9 cm³/mol. The Morgan fingerprint density at radius 2 is 1.81 bits per heavy atom. The molecule has 0 saturated carbocycles. The normalized spacial score (nSPS) is 10.3. The summed E-state index contributed by atoms with van der Waals surface area (Å²) in [6, 6.07) is 7.20. The van der Waals surface area contributed by atoms with Gasteiger partial charge in [0.05, 0.1) is 26.2 Å². The van der Waals surface area contributed by atoms with Crippen molar-refractivity contribution in [1.82, 2.24) is 0 Å². The zero-order valence-corrected chi connectivity index (χ0v) is 15.4. The lowest BCUT2D eigenvalue weighted by atomic mass is 10.1. The van der Waals surface area contributed by atoms with Crippen molar-refractivity contribution in [2.75, 3.05) is 11.9 Å². The topological polar surface area (TPSA) is 98.5 Å². The van der Waals surface area contributed by atoms with Crippen LogP contribution in [0.15, 0.2) is 30.3 Å². The molecule has 2 aromatic rings. The van der Waals surface area contributed by atoms with Crippen LogP contribution >= 0.6 is 23.2 Å². The number of nitrogens with one attached hydrogen (secondary N) is 1. The SMILES string of the molecule is Cc1ccc(C(=O)OCC(=O)Nc2c(Cl)ccc(C)c2Cl)cc1[N+](=O)[O-]. The predicted octanol–water partition coefficient (Wildman–Crippen LogP) is 4.31. The third-order valence-electron chi connectivity index (χ3n) is 3.52. The van der Waals surface area contributed by atoms with Gasteiger partial charge in [0.2, 0.25) is 0 Å². The molecule has 0 aromatic heterocycles.